The van der Waals surface area contributed by atoms with E-state index in [9.17, 15) is 0 Å². The fraction of sp³-hybridized carbons (Fsp3) is 0. The van der Waals surface area contributed by atoms with Gasteiger partial charge in [-0.2, -0.15) is 0 Å². The van der Waals surface area contributed by atoms with Crippen LogP contribution in [0.4, 0.5) is 4.70 Å². The molecule has 0 rings (SSSR count). The monoisotopic (exact) mass is 80.0 g/mol. The van der Waals surface area contributed by atoms with E-state index in [1.165, 1.54) is 0 Å². The molecule has 0 aliphatic carbocycles. The second-order valence-corrected chi connectivity index (χ2v) is 0. The Morgan fingerprint density at radius 3 is 1.00 bits per heavy atom. The van der Waals surface area contributed by atoms with E-state index >= 15 is 0 Å². The summed E-state index contributed by atoms with van der Waals surface area (Å²) in [5, 5.41) is 0. The summed E-state index contributed by atoms with van der Waals surface area (Å²) < 4.78 is 0. The highest BCUT2D eigenvalue weighted by molar-refractivity contribution is 5.75. The summed E-state index contributed by atoms with van der Waals surface area (Å²) in [4.78, 5) is 0. The molecule has 4 heavy (non-hydrogen) atoms. The van der Waals surface area contributed by atoms with E-state index in [4.69, 9.17) is 0 Å². The average molecular weight is 80.2 g/mol. The van der Waals surface area contributed by atoms with Crippen molar-refractivity contribution in [2.75, 3.05) is 0 Å². The van der Waals surface area contributed by atoms with Gasteiger partial charge in [0.25, 0.3) is 0 Å². The van der Waals surface area contributed by atoms with Crippen molar-refractivity contribution in [3.05, 3.63) is 13.2 Å². The quantitative estimate of drug-likeness (QED) is 0.272. The lowest BCUT2D eigenvalue weighted by molar-refractivity contribution is 1.11. The predicted molar refractivity (Wildman–Crippen MR) is 25.1 cm³/mol. The van der Waals surface area contributed by atoms with Gasteiger partial charge in [0.15, 0.2) is 0 Å². The Balaban J connectivity index is -0.00000000500. The van der Waals surface area contributed by atoms with Crippen molar-refractivity contribution in [3.63, 3.8) is 0 Å². The van der Waals surface area contributed by atoms with Gasteiger partial charge in [-0.3, -0.25) is 4.70 Å². The van der Waals surface area contributed by atoms with Crippen molar-refractivity contribution in [2.24, 2.45) is 0 Å². The van der Waals surface area contributed by atoms with Gasteiger partial charge in [-0.15, -0.1) is 13.2 Å². The molecule has 0 aliphatic heterocycles. The minimum atomic E-state index is 0. The molecule has 0 atom stereocenters. The van der Waals surface area contributed by atoms with Gasteiger partial charge in [0.05, 0.1) is 0 Å². The molecule has 0 spiro atoms. The van der Waals surface area contributed by atoms with E-state index in [0.29, 0.717) is 0 Å². The lowest BCUT2D eigenvalue weighted by Crippen LogP contribution is -0.552. The molecule has 0 saturated heterocycles. The maximum absolute atomic E-state index is 3.00. The number of hydrogen-bond acceptors (Lipinski definition) is 0. The Morgan fingerprint density at radius 1 is 1.00 bits per heavy atom. The zero-order chi connectivity index (χ0) is 2.00. The van der Waals surface area contributed by atoms with Gasteiger partial charge in [0.2, 0.25) is 0 Å². The second kappa shape index (κ2) is 803. The molecule has 0 aliphatic rings. The van der Waals surface area contributed by atoms with Crippen LogP contribution in [-0.4, -0.2) is 11.0 Å². The third-order valence-corrected chi connectivity index (χ3v) is 0. The topological polar surface area (TPSA) is 0 Å². The first kappa shape index (κ1) is 41.2. The maximum Gasteiger partial charge on any atom is -0.0149 e. The fourth-order valence-electron chi connectivity index (χ4n) is 0. The Morgan fingerprint density at radius 2 is 1.00 bits per heavy atom. The van der Waals surface area contributed by atoms with E-state index < -0.39 is 0 Å². The van der Waals surface area contributed by atoms with Crippen LogP contribution < -0.4 is 0 Å². The number of rotatable bonds is 0. The number of hydrogen-bond donors (Lipinski definition) is 0. The van der Waals surface area contributed by atoms with Crippen molar-refractivity contribution >= 4 is 11.0 Å². The normalized spacial score (nSPS) is 1.00. The van der Waals surface area contributed by atoms with Crippen molar-refractivity contribution in [1.82, 2.24) is 0 Å². The van der Waals surface area contributed by atoms with Crippen LogP contribution in [0.3, 0.4) is 0 Å². The first-order chi connectivity index (χ1) is 1.00. The zero-order valence-electron chi connectivity index (χ0n) is 1.82. The van der Waals surface area contributed by atoms with Crippen LogP contribution in [0, 0.1) is 0 Å². The fourth-order valence-corrected chi connectivity index (χ4v) is 0. The zero-order valence-corrected chi connectivity index (χ0v) is 1.82. The van der Waals surface area contributed by atoms with Crippen LogP contribution in [0.25, 0.3) is 0 Å². The third-order valence-electron chi connectivity index (χ3n) is 0. The Bertz CT molecular complexity index is 6.00. The molecule has 0 aromatic heterocycles. The molecule has 0 amide bonds. The van der Waals surface area contributed by atoms with Crippen LogP contribution in [0.1, 0.15) is 0 Å². The molecule has 0 saturated carbocycles. The van der Waals surface area contributed by atoms with Crippen molar-refractivity contribution in [1.29, 1.82) is 0 Å². The Labute approximate surface area is 29.9 Å². The van der Waals surface area contributed by atoms with Gasteiger partial charge in [0.1, 0.15) is 0 Å². The van der Waals surface area contributed by atoms with Gasteiger partial charge in [-0.25, -0.2) is 0 Å². The molecule has 0 nitrogen and oxygen atoms in total. The predicted octanol–water partition coefficient (Wildman–Crippen LogP) is -0.497. The summed E-state index contributed by atoms with van der Waals surface area (Å²) in [7, 11) is 0. The van der Waals surface area contributed by atoms with Gasteiger partial charge in [0, 0.05) is 0 Å². The molecule has 0 fully saturated rings. The van der Waals surface area contributed by atoms with Crippen molar-refractivity contribution in [3.8, 4) is 0 Å². The first-order valence-electron chi connectivity index (χ1n) is 0.500. The second-order valence-electron chi connectivity index (χ2n) is 0. The van der Waals surface area contributed by atoms with Crippen molar-refractivity contribution in [2.45, 2.75) is 0 Å². The molecule has 0 radical (unpaired) electrons. The number of halogens is 1. The summed E-state index contributed by atoms with van der Waals surface area (Å²) in [6.07, 6.45) is 0. The first-order valence-corrected chi connectivity index (χ1v) is 0.500. The van der Waals surface area contributed by atoms with E-state index in [1.807, 2.05) is 0 Å². The van der Waals surface area contributed by atoms with Gasteiger partial charge in [-0.1, -0.05) is 0 Å². The van der Waals surface area contributed by atoms with Crippen LogP contribution >= 0.6 is 0 Å². The highest BCUT2D eigenvalue weighted by Gasteiger charge is 0.601. The lowest BCUT2D eigenvalue weighted by Gasteiger charge is -0.813. The average Bonchev–Trinajstić information content (AvgIpc) is 1.00. The van der Waals surface area contributed by atoms with E-state index in [-0.39, 0.29) is 15.7 Å². The van der Waals surface area contributed by atoms with E-state index in [2.05, 4.69) is 13.2 Å². The van der Waals surface area contributed by atoms with Crippen molar-refractivity contribution < 1.29 is 4.70 Å². The van der Waals surface area contributed by atoms with E-state index in [1.54, 1.807) is 0 Å². The highest BCUT2D eigenvalue weighted by Crippen LogP contribution is 0.862. The van der Waals surface area contributed by atoms with Crippen LogP contribution in [0.2, 0.25) is 0 Å². The van der Waals surface area contributed by atoms with Crippen LogP contribution in [-0.2, 0) is 0 Å². The molecular weight excluding hydrogens is 71.1 g/mol. The molecule has 28 valence electrons. The summed E-state index contributed by atoms with van der Waals surface area (Å²) in [6, 6.07) is 0. The molecule has 0 unspecified atom stereocenters. The molecule has 0 aromatic rings. The SMILES string of the molecule is C=C.F.[SiH4]. The molecular formula is C2H9FSi. The van der Waals surface area contributed by atoms with Gasteiger partial charge < -0.3 is 0 Å². The molecule has 0 aromatic carbocycles. The standard InChI is InChI=1S/C2H4.FH.H4Si/c1-2;;/h1-2H2;1H;1H4. The maximum atomic E-state index is 3.00. The summed E-state index contributed by atoms with van der Waals surface area (Å²) in [5.74, 6) is 0. The Kier molecular flexibility index (Phi) is 8270. The molecule has 0 N–H and O–H groups in total. The van der Waals surface area contributed by atoms with E-state index in [0.717, 1.165) is 0 Å². The summed E-state index contributed by atoms with van der Waals surface area (Å²) >= 11 is 0. The molecule has 2 heteroatoms. The minimum absolute atomic E-state index is 0. The largest absolute Gasteiger partial charge is 0.269 e. The van der Waals surface area contributed by atoms with Gasteiger partial charge in [-0.05, 0) is 11.0 Å². The van der Waals surface area contributed by atoms with Crippen LogP contribution in [0.5, 0.6) is 0 Å². The summed E-state index contributed by atoms with van der Waals surface area (Å²) in [6.45, 7) is 6.00. The molecule has 0 bridgehead atoms. The minimum Gasteiger partial charge on any atom is -0.269 e. The summed E-state index contributed by atoms with van der Waals surface area (Å²) in [5.41, 5.74) is 0. The third kappa shape index (κ3) is 116. The van der Waals surface area contributed by atoms with Gasteiger partial charge >= 0.3 is 0 Å². The molecule has 0 heterocycles. The lowest BCUT2D eigenvalue weighted by atomic mass is 11.3. The van der Waals surface area contributed by atoms with Crippen LogP contribution in [0.15, 0.2) is 13.2 Å². The highest BCUT2D eigenvalue weighted by atomic mass is 28.1. The smallest absolute Gasteiger partial charge is 0.0149 e. The Hall–Kier alpha value is -0.113.